The van der Waals surface area contributed by atoms with Crippen molar-refractivity contribution in [1.29, 1.82) is 0 Å². The van der Waals surface area contributed by atoms with Gasteiger partial charge in [0.25, 0.3) is 0 Å². The summed E-state index contributed by atoms with van der Waals surface area (Å²) in [5.74, 6) is 0. The zero-order valence-electron chi connectivity index (χ0n) is 7.97. The second-order valence-electron chi connectivity index (χ2n) is 3.60. The average molecular weight is 294 g/mol. The molecule has 0 spiro atoms. The molecular formula is C6H7F9OSi. The van der Waals surface area contributed by atoms with E-state index in [0.29, 0.717) is 0 Å². The van der Waals surface area contributed by atoms with Crippen molar-refractivity contribution in [2.45, 2.75) is 36.7 Å². The van der Waals surface area contributed by atoms with Crippen LogP contribution in [-0.2, 0) is 0 Å². The Hall–Kier alpha value is -0.453. The van der Waals surface area contributed by atoms with E-state index < -0.39 is 45.0 Å². The fraction of sp³-hybridized carbons (Fsp3) is 1.00. The third-order valence-corrected chi connectivity index (χ3v) is 4.77. The van der Waals surface area contributed by atoms with Gasteiger partial charge in [0.05, 0.1) is 18.1 Å². The van der Waals surface area contributed by atoms with Gasteiger partial charge < -0.3 is 4.80 Å². The Balaban J connectivity index is 4.95. The summed E-state index contributed by atoms with van der Waals surface area (Å²) < 4.78 is 107. The molecule has 0 heterocycles. The summed E-state index contributed by atoms with van der Waals surface area (Å²) in [6, 6.07) is -7.29. The maximum atomic E-state index is 11.8. The van der Waals surface area contributed by atoms with Crippen LogP contribution < -0.4 is 0 Å². The first-order chi connectivity index (χ1) is 7.12. The largest absolute Gasteiger partial charge is 0.431 e. The maximum Gasteiger partial charge on any atom is 0.389 e. The van der Waals surface area contributed by atoms with E-state index in [4.69, 9.17) is 4.80 Å². The van der Waals surface area contributed by atoms with E-state index in [-0.39, 0.29) is 0 Å². The molecule has 0 aromatic rings. The topological polar surface area (TPSA) is 20.2 Å². The molecule has 0 amide bonds. The monoisotopic (exact) mass is 294 g/mol. The molecule has 0 aliphatic heterocycles. The van der Waals surface area contributed by atoms with Crippen LogP contribution in [0, 0.1) is 0 Å². The van der Waals surface area contributed by atoms with Gasteiger partial charge in [0, 0.05) is 0 Å². The fourth-order valence-corrected chi connectivity index (χ4v) is 3.92. The van der Waals surface area contributed by atoms with Crippen LogP contribution in [0.15, 0.2) is 0 Å². The molecule has 0 saturated carbocycles. The SMILES string of the molecule is O[Si](CC(F)(F)F)(CC(F)(F)F)CC(F)(F)F. The van der Waals surface area contributed by atoms with E-state index in [1.165, 1.54) is 0 Å². The molecule has 0 aliphatic rings. The van der Waals surface area contributed by atoms with E-state index in [1.54, 1.807) is 0 Å². The zero-order chi connectivity index (χ0) is 14.1. The summed E-state index contributed by atoms with van der Waals surface area (Å²) in [5, 5.41) is 0. The lowest BCUT2D eigenvalue weighted by Gasteiger charge is -2.28. The molecule has 104 valence electrons. The van der Waals surface area contributed by atoms with Crippen molar-refractivity contribution in [2.24, 2.45) is 0 Å². The standard InChI is InChI=1S/C6H7F9OSi/c7-4(8,9)1-17(16,2-5(10,11)12)3-6(13,14)15/h16H,1-3H2. The molecule has 0 radical (unpaired) electrons. The normalized spacial score (nSPS) is 15.2. The number of hydrogen-bond acceptors (Lipinski definition) is 1. The minimum Gasteiger partial charge on any atom is -0.431 e. The predicted octanol–water partition coefficient (Wildman–Crippen LogP) is 3.61. The molecule has 11 heteroatoms. The highest BCUT2D eigenvalue weighted by Crippen LogP contribution is 2.40. The molecule has 0 fully saturated rings. The van der Waals surface area contributed by atoms with E-state index in [1.807, 2.05) is 0 Å². The van der Waals surface area contributed by atoms with Gasteiger partial charge in [-0.1, -0.05) is 0 Å². The van der Waals surface area contributed by atoms with Gasteiger partial charge >= 0.3 is 18.5 Å². The molecule has 0 rings (SSSR count). The minimum atomic E-state index is -5.53. The van der Waals surface area contributed by atoms with Gasteiger partial charge in [-0.15, -0.1) is 0 Å². The highest BCUT2D eigenvalue weighted by molar-refractivity contribution is 6.73. The van der Waals surface area contributed by atoms with Gasteiger partial charge in [-0.3, -0.25) is 0 Å². The van der Waals surface area contributed by atoms with Crippen molar-refractivity contribution in [1.82, 2.24) is 0 Å². The second-order valence-corrected chi connectivity index (χ2v) is 7.11. The summed E-state index contributed by atoms with van der Waals surface area (Å²) in [5.41, 5.74) is 0. The average Bonchev–Trinajstić information content (AvgIpc) is 1.65. The summed E-state index contributed by atoms with van der Waals surface area (Å²) >= 11 is 0. The lowest BCUT2D eigenvalue weighted by atomic mass is 10.7. The van der Waals surface area contributed by atoms with Crippen LogP contribution in [0.4, 0.5) is 39.5 Å². The van der Waals surface area contributed by atoms with Crippen LogP contribution in [0.2, 0.25) is 18.1 Å². The van der Waals surface area contributed by atoms with Crippen LogP contribution in [0.1, 0.15) is 0 Å². The van der Waals surface area contributed by atoms with Gasteiger partial charge in [-0.05, 0) is 0 Å². The van der Waals surface area contributed by atoms with E-state index >= 15 is 0 Å². The van der Waals surface area contributed by atoms with Crippen LogP contribution >= 0.6 is 0 Å². The van der Waals surface area contributed by atoms with Gasteiger partial charge in [0.2, 0.25) is 8.32 Å². The maximum absolute atomic E-state index is 11.8. The number of halogens is 9. The third kappa shape index (κ3) is 9.27. The highest BCUT2D eigenvalue weighted by atomic mass is 28.4. The molecule has 0 aromatic carbocycles. The first kappa shape index (κ1) is 16.5. The Kier molecular flexibility index (Phi) is 4.54. The molecule has 0 unspecified atom stereocenters. The summed E-state index contributed by atoms with van der Waals surface area (Å²) in [6.07, 6.45) is -15.8. The fourth-order valence-electron chi connectivity index (χ4n) is 1.31. The zero-order valence-corrected chi connectivity index (χ0v) is 8.97. The second kappa shape index (κ2) is 4.67. The van der Waals surface area contributed by atoms with Crippen LogP contribution in [0.3, 0.4) is 0 Å². The van der Waals surface area contributed by atoms with Crippen LogP contribution in [-0.4, -0.2) is 31.6 Å². The lowest BCUT2D eigenvalue weighted by molar-refractivity contribution is -0.131. The predicted molar refractivity (Wildman–Crippen MR) is 40.6 cm³/mol. The van der Waals surface area contributed by atoms with E-state index in [9.17, 15) is 39.5 Å². The minimum absolute atomic E-state index is 2.43. The smallest absolute Gasteiger partial charge is 0.389 e. The van der Waals surface area contributed by atoms with Crippen LogP contribution in [0.5, 0.6) is 0 Å². The van der Waals surface area contributed by atoms with Crippen molar-refractivity contribution in [3.63, 3.8) is 0 Å². The summed E-state index contributed by atoms with van der Waals surface area (Å²) in [6.45, 7) is 0. The van der Waals surface area contributed by atoms with Crippen molar-refractivity contribution in [2.75, 3.05) is 0 Å². The quantitative estimate of drug-likeness (QED) is 0.623. The van der Waals surface area contributed by atoms with Crippen molar-refractivity contribution < 1.29 is 44.3 Å². The first-order valence-corrected chi connectivity index (χ1v) is 6.61. The molecular weight excluding hydrogens is 287 g/mol. The molecule has 0 aliphatic carbocycles. The highest BCUT2D eigenvalue weighted by Gasteiger charge is 2.55. The van der Waals surface area contributed by atoms with Gasteiger partial charge in [-0.25, -0.2) is 0 Å². The van der Waals surface area contributed by atoms with Gasteiger partial charge in [0.1, 0.15) is 0 Å². The Labute approximate surface area is 90.4 Å². The number of hydrogen-bond donors (Lipinski definition) is 1. The first-order valence-electron chi connectivity index (χ1n) is 4.05. The molecule has 1 nitrogen and oxygen atoms in total. The van der Waals surface area contributed by atoms with Crippen molar-refractivity contribution in [3.8, 4) is 0 Å². The molecule has 0 saturated heterocycles. The molecule has 0 aromatic heterocycles. The van der Waals surface area contributed by atoms with Gasteiger partial charge in [0.15, 0.2) is 0 Å². The Morgan fingerprint density at radius 1 is 0.588 bits per heavy atom. The van der Waals surface area contributed by atoms with Crippen molar-refractivity contribution >= 4 is 8.32 Å². The van der Waals surface area contributed by atoms with Crippen LogP contribution in [0.25, 0.3) is 0 Å². The summed E-state index contributed by atoms with van der Waals surface area (Å²) in [4.78, 5) is 9.00. The Bertz CT molecular complexity index is 211. The number of rotatable bonds is 3. The molecule has 0 atom stereocenters. The van der Waals surface area contributed by atoms with Gasteiger partial charge in [-0.2, -0.15) is 39.5 Å². The third-order valence-electron chi connectivity index (χ3n) is 1.59. The van der Waals surface area contributed by atoms with E-state index in [2.05, 4.69) is 0 Å². The molecule has 17 heavy (non-hydrogen) atoms. The summed E-state index contributed by atoms with van der Waals surface area (Å²) in [7, 11) is -5.53. The Morgan fingerprint density at radius 2 is 0.765 bits per heavy atom. The Morgan fingerprint density at radius 3 is 0.882 bits per heavy atom. The lowest BCUT2D eigenvalue weighted by Crippen LogP contribution is -2.46. The van der Waals surface area contributed by atoms with Crippen molar-refractivity contribution in [3.05, 3.63) is 0 Å². The van der Waals surface area contributed by atoms with E-state index in [0.717, 1.165) is 0 Å². The molecule has 1 N–H and O–H groups in total. The number of alkyl halides is 9. The molecule has 0 bridgehead atoms.